The third-order valence-electron chi connectivity index (χ3n) is 2.54. The number of hydrogen-bond donors (Lipinski definition) is 3. The largest absolute Gasteiger partial charge is 0.397 e. The highest BCUT2D eigenvalue weighted by atomic mass is 79.9. The Hall–Kier alpha value is -1.72. The summed E-state index contributed by atoms with van der Waals surface area (Å²) in [5, 5.41) is 3.63. The van der Waals surface area contributed by atoms with Gasteiger partial charge in [-0.25, -0.2) is 0 Å². The zero-order valence-corrected chi connectivity index (χ0v) is 12.1. The lowest BCUT2D eigenvalue weighted by atomic mass is 10.1. The average Bonchev–Trinajstić information content (AvgIpc) is 2.36. The highest BCUT2D eigenvalue weighted by Gasteiger charge is 2.07. The summed E-state index contributed by atoms with van der Waals surface area (Å²) in [7, 11) is 0. The number of hydrogen-bond acceptors (Lipinski definition) is 3. The Labute approximate surface area is 123 Å². The Bertz CT molecular complexity index is 646. The molecule has 0 aliphatic carbocycles. The van der Waals surface area contributed by atoms with Gasteiger partial charge in [-0.3, -0.25) is 4.79 Å². The van der Waals surface area contributed by atoms with E-state index < -0.39 is 5.91 Å². The summed E-state index contributed by atoms with van der Waals surface area (Å²) >= 11 is 9.45. The van der Waals surface area contributed by atoms with Crippen molar-refractivity contribution in [2.24, 2.45) is 5.73 Å². The number of anilines is 3. The molecular weight excluding hydrogens is 330 g/mol. The summed E-state index contributed by atoms with van der Waals surface area (Å²) in [6.07, 6.45) is 0. The van der Waals surface area contributed by atoms with Crippen molar-refractivity contribution in [1.29, 1.82) is 0 Å². The molecule has 1 amide bonds. The molecule has 0 heterocycles. The molecule has 0 aromatic heterocycles. The lowest BCUT2D eigenvalue weighted by molar-refractivity contribution is 0.100. The summed E-state index contributed by atoms with van der Waals surface area (Å²) in [5.74, 6) is -0.511. The first kappa shape index (κ1) is 13.7. The van der Waals surface area contributed by atoms with Gasteiger partial charge in [-0.05, 0) is 36.4 Å². The van der Waals surface area contributed by atoms with Gasteiger partial charge in [0, 0.05) is 10.0 Å². The van der Waals surface area contributed by atoms with Gasteiger partial charge in [0.25, 0.3) is 0 Å². The second-order valence-corrected chi connectivity index (χ2v) is 5.24. The quantitative estimate of drug-likeness (QED) is 0.748. The lowest BCUT2D eigenvalue weighted by Gasteiger charge is -2.12. The van der Waals surface area contributed by atoms with E-state index in [4.69, 9.17) is 23.1 Å². The number of carbonyl (C=O) groups excluding carboxylic acids is 1. The second-order valence-electron chi connectivity index (χ2n) is 3.92. The van der Waals surface area contributed by atoms with Crippen LogP contribution in [0.5, 0.6) is 0 Å². The van der Waals surface area contributed by atoms with Crippen molar-refractivity contribution in [1.82, 2.24) is 0 Å². The number of amides is 1. The van der Waals surface area contributed by atoms with Crippen LogP contribution >= 0.6 is 27.5 Å². The van der Waals surface area contributed by atoms with Gasteiger partial charge >= 0.3 is 0 Å². The molecule has 0 saturated heterocycles. The van der Waals surface area contributed by atoms with Crippen molar-refractivity contribution in [3.05, 3.63) is 51.5 Å². The molecule has 2 rings (SSSR count). The van der Waals surface area contributed by atoms with Gasteiger partial charge in [0.05, 0.1) is 22.1 Å². The molecule has 0 radical (unpaired) electrons. The number of benzene rings is 2. The van der Waals surface area contributed by atoms with E-state index >= 15 is 0 Å². The summed E-state index contributed by atoms with van der Waals surface area (Å²) in [6.45, 7) is 0. The summed E-state index contributed by atoms with van der Waals surface area (Å²) in [4.78, 5) is 11.2. The van der Waals surface area contributed by atoms with Crippen LogP contribution < -0.4 is 16.8 Å². The lowest BCUT2D eigenvalue weighted by Crippen LogP contribution is -2.11. The normalized spacial score (nSPS) is 10.2. The van der Waals surface area contributed by atoms with Crippen LogP contribution in [0.25, 0.3) is 0 Å². The van der Waals surface area contributed by atoms with Crippen LogP contribution in [0.2, 0.25) is 5.02 Å². The zero-order valence-electron chi connectivity index (χ0n) is 9.78. The number of nitrogen functional groups attached to an aromatic ring is 1. The second kappa shape index (κ2) is 5.50. The van der Waals surface area contributed by atoms with Crippen LogP contribution in [0.15, 0.2) is 40.9 Å². The molecular formula is C13H11BrClN3O. The van der Waals surface area contributed by atoms with E-state index in [0.717, 1.165) is 4.47 Å². The Morgan fingerprint density at radius 1 is 1.16 bits per heavy atom. The molecule has 0 atom stereocenters. The number of rotatable bonds is 3. The van der Waals surface area contributed by atoms with Gasteiger partial charge in [-0.2, -0.15) is 0 Å². The van der Waals surface area contributed by atoms with Crippen LogP contribution in [0, 0.1) is 0 Å². The molecule has 4 nitrogen and oxygen atoms in total. The predicted octanol–water partition coefficient (Wildman–Crippen LogP) is 3.53. The minimum Gasteiger partial charge on any atom is -0.397 e. The van der Waals surface area contributed by atoms with Crippen molar-refractivity contribution in [2.75, 3.05) is 11.1 Å². The summed E-state index contributed by atoms with van der Waals surface area (Å²) in [5.41, 5.74) is 13.2. The first-order valence-electron chi connectivity index (χ1n) is 5.39. The molecule has 6 heteroatoms. The molecule has 19 heavy (non-hydrogen) atoms. The highest BCUT2D eigenvalue weighted by Crippen LogP contribution is 2.31. The Balaban J connectivity index is 2.40. The first-order chi connectivity index (χ1) is 8.97. The van der Waals surface area contributed by atoms with Crippen molar-refractivity contribution >= 4 is 50.5 Å². The molecule has 0 spiro atoms. The van der Waals surface area contributed by atoms with Gasteiger partial charge in [-0.15, -0.1) is 0 Å². The number of halogens is 2. The molecule has 2 aromatic rings. The van der Waals surface area contributed by atoms with Gasteiger partial charge < -0.3 is 16.8 Å². The van der Waals surface area contributed by atoms with Crippen LogP contribution in [0.4, 0.5) is 17.1 Å². The Morgan fingerprint density at radius 3 is 2.58 bits per heavy atom. The van der Waals surface area contributed by atoms with Gasteiger partial charge in [0.15, 0.2) is 0 Å². The molecule has 0 fully saturated rings. The van der Waals surface area contributed by atoms with E-state index in [2.05, 4.69) is 21.2 Å². The van der Waals surface area contributed by atoms with Crippen molar-refractivity contribution < 1.29 is 4.79 Å². The average molecular weight is 341 g/mol. The Morgan fingerprint density at radius 2 is 1.89 bits per heavy atom. The Kier molecular flexibility index (Phi) is 3.97. The minimum atomic E-state index is -0.511. The fourth-order valence-corrected chi connectivity index (χ4v) is 2.08. The molecule has 0 unspecified atom stereocenters. The predicted molar refractivity (Wildman–Crippen MR) is 81.8 cm³/mol. The zero-order chi connectivity index (χ0) is 14.0. The standard InChI is InChI=1S/C13H11BrClN3O/c14-8-2-3-9(15)11(6-8)18-12-5-7(13(17)19)1-4-10(12)16/h1-6,18H,16H2,(H2,17,19). The number of nitrogens with one attached hydrogen (secondary N) is 1. The van der Waals surface area contributed by atoms with E-state index in [-0.39, 0.29) is 0 Å². The minimum absolute atomic E-state index is 0.378. The monoisotopic (exact) mass is 339 g/mol. The molecule has 98 valence electrons. The van der Waals surface area contributed by atoms with Gasteiger partial charge in [-0.1, -0.05) is 27.5 Å². The molecule has 0 bridgehead atoms. The van der Waals surface area contributed by atoms with E-state index in [0.29, 0.717) is 27.6 Å². The maximum absolute atomic E-state index is 11.2. The number of primary amides is 1. The van der Waals surface area contributed by atoms with Crippen LogP contribution in [0.1, 0.15) is 10.4 Å². The van der Waals surface area contributed by atoms with Crippen LogP contribution in [0.3, 0.4) is 0 Å². The fourth-order valence-electron chi connectivity index (χ4n) is 1.56. The van der Waals surface area contributed by atoms with Crippen LogP contribution in [-0.2, 0) is 0 Å². The molecule has 5 N–H and O–H groups in total. The smallest absolute Gasteiger partial charge is 0.248 e. The maximum atomic E-state index is 11.2. The summed E-state index contributed by atoms with van der Waals surface area (Å²) in [6, 6.07) is 10.2. The molecule has 0 aliphatic rings. The fraction of sp³-hybridized carbons (Fsp3) is 0. The third kappa shape index (κ3) is 3.19. The van der Waals surface area contributed by atoms with Crippen molar-refractivity contribution in [2.45, 2.75) is 0 Å². The topological polar surface area (TPSA) is 81.1 Å². The van der Waals surface area contributed by atoms with Gasteiger partial charge in [0.2, 0.25) is 5.91 Å². The van der Waals surface area contributed by atoms with E-state index in [9.17, 15) is 4.79 Å². The SMILES string of the molecule is NC(=O)c1ccc(N)c(Nc2cc(Br)ccc2Cl)c1. The maximum Gasteiger partial charge on any atom is 0.248 e. The van der Waals surface area contributed by atoms with Crippen molar-refractivity contribution in [3.63, 3.8) is 0 Å². The van der Waals surface area contributed by atoms with Crippen molar-refractivity contribution in [3.8, 4) is 0 Å². The molecule has 2 aromatic carbocycles. The van der Waals surface area contributed by atoms with Crippen LogP contribution in [-0.4, -0.2) is 5.91 Å². The highest BCUT2D eigenvalue weighted by molar-refractivity contribution is 9.10. The molecule has 0 aliphatic heterocycles. The van der Waals surface area contributed by atoms with Gasteiger partial charge in [0.1, 0.15) is 0 Å². The number of carbonyl (C=O) groups is 1. The first-order valence-corrected chi connectivity index (χ1v) is 6.56. The number of nitrogens with two attached hydrogens (primary N) is 2. The third-order valence-corrected chi connectivity index (χ3v) is 3.36. The van der Waals surface area contributed by atoms with E-state index in [1.54, 1.807) is 24.3 Å². The van der Waals surface area contributed by atoms with E-state index in [1.807, 2.05) is 12.1 Å². The summed E-state index contributed by atoms with van der Waals surface area (Å²) < 4.78 is 0.879. The molecule has 0 saturated carbocycles. The van der Waals surface area contributed by atoms with E-state index in [1.165, 1.54) is 0 Å².